The minimum atomic E-state index is 0. The predicted molar refractivity (Wildman–Crippen MR) is 33.4 cm³/mol. The van der Waals surface area contributed by atoms with Crippen molar-refractivity contribution in [1.29, 1.82) is 0 Å². The molecule has 0 aromatic heterocycles. The normalized spacial score (nSPS) is 2.00. The quantitative estimate of drug-likeness (QED) is 0.347. The van der Waals surface area contributed by atoms with Gasteiger partial charge < -0.3 is 13.8 Å². The van der Waals surface area contributed by atoms with E-state index < -0.39 is 0 Å². The third-order valence-corrected chi connectivity index (χ3v) is 0. The topological polar surface area (TPSA) is 0 Å². The number of rotatable bonds is 0. The van der Waals surface area contributed by atoms with Crippen LogP contribution in [0.2, 0.25) is 0 Å². The van der Waals surface area contributed by atoms with Gasteiger partial charge >= 0.3 is 19.5 Å². The van der Waals surface area contributed by atoms with Gasteiger partial charge in [0.25, 0.3) is 0 Å². The summed E-state index contributed by atoms with van der Waals surface area (Å²) >= 11 is 0. The SMILES string of the molecule is [CH2-]C.[CH2-]C.[SiH4].[Zn+2]. The van der Waals surface area contributed by atoms with Crippen LogP contribution in [-0.2, 0) is 19.5 Å². The smallest absolute Gasteiger partial charge is 0.346 e. The van der Waals surface area contributed by atoms with Crippen molar-refractivity contribution in [3.8, 4) is 0 Å². The zero-order valence-corrected chi connectivity index (χ0v) is 7.09. The molecule has 36 valence electrons. The molecule has 0 N–H and O–H groups in total. The van der Waals surface area contributed by atoms with Crippen molar-refractivity contribution in [3.63, 3.8) is 0 Å². The Morgan fingerprint density at radius 1 is 0.833 bits per heavy atom. The molecule has 0 atom stereocenters. The van der Waals surface area contributed by atoms with E-state index in [-0.39, 0.29) is 30.4 Å². The summed E-state index contributed by atoms with van der Waals surface area (Å²) in [4.78, 5) is 0. The van der Waals surface area contributed by atoms with Crippen LogP contribution in [0.25, 0.3) is 0 Å². The molecular formula is C4H14SiZn. The fourth-order valence-corrected chi connectivity index (χ4v) is 0. The van der Waals surface area contributed by atoms with Crippen molar-refractivity contribution in [2.24, 2.45) is 0 Å². The maximum atomic E-state index is 3.25. The monoisotopic (exact) mass is 154 g/mol. The van der Waals surface area contributed by atoms with Crippen molar-refractivity contribution in [3.05, 3.63) is 13.8 Å². The van der Waals surface area contributed by atoms with Crippen LogP contribution in [0.15, 0.2) is 0 Å². The van der Waals surface area contributed by atoms with E-state index in [1.54, 1.807) is 13.8 Å². The Kier molecular flexibility index (Phi) is 934. The molecule has 0 bridgehead atoms. The second-order valence-electron chi connectivity index (χ2n) is 0. The fraction of sp³-hybridized carbons (Fsp3) is 0.500. The molecule has 0 aromatic carbocycles. The Balaban J connectivity index is -0.00000000500. The summed E-state index contributed by atoms with van der Waals surface area (Å²) in [6.07, 6.45) is 0. The first-order chi connectivity index (χ1) is 2.00. The molecule has 6 heavy (non-hydrogen) atoms. The van der Waals surface area contributed by atoms with Crippen LogP contribution in [0, 0.1) is 13.8 Å². The van der Waals surface area contributed by atoms with E-state index in [9.17, 15) is 0 Å². The average Bonchev–Trinajstić information content (AvgIpc) is 1.50. The molecular weight excluding hydrogens is 142 g/mol. The molecule has 0 aliphatic rings. The van der Waals surface area contributed by atoms with Crippen LogP contribution in [0.1, 0.15) is 13.8 Å². The molecule has 0 saturated heterocycles. The van der Waals surface area contributed by atoms with Gasteiger partial charge in [-0.1, -0.05) is 0 Å². The van der Waals surface area contributed by atoms with Gasteiger partial charge in [-0.25, -0.2) is 0 Å². The third-order valence-electron chi connectivity index (χ3n) is 0. The van der Waals surface area contributed by atoms with Gasteiger partial charge in [0.2, 0.25) is 0 Å². The van der Waals surface area contributed by atoms with Crippen LogP contribution in [0.3, 0.4) is 0 Å². The minimum Gasteiger partial charge on any atom is -0.346 e. The fourth-order valence-electron chi connectivity index (χ4n) is 0. The first-order valence-electron chi connectivity index (χ1n) is 1.41. The van der Waals surface area contributed by atoms with E-state index >= 15 is 0 Å². The molecule has 0 rings (SSSR count). The standard InChI is InChI=1S/2C2H5.H4Si.Zn/c2*1-2;;/h2*1H2,2H3;1H4;/q2*-1;;+2. The predicted octanol–water partition coefficient (Wildman–Crippen LogP) is 0.227. The maximum absolute atomic E-state index is 3.25. The first-order valence-corrected chi connectivity index (χ1v) is 1.41. The van der Waals surface area contributed by atoms with Gasteiger partial charge in [0.1, 0.15) is 0 Å². The molecule has 0 radical (unpaired) electrons. The van der Waals surface area contributed by atoms with Crippen LogP contribution in [0.5, 0.6) is 0 Å². The molecule has 0 unspecified atom stereocenters. The largest absolute Gasteiger partial charge is 2.00 e. The zero-order chi connectivity index (χ0) is 4.00. The molecule has 0 aromatic rings. The van der Waals surface area contributed by atoms with E-state index in [1.165, 1.54) is 0 Å². The van der Waals surface area contributed by atoms with Crippen LogP contribution in [-0.4, -0.2) is 11.0 Å². The van der Waals surface area contributed by atoms with Crippen LogP contribution < -0.4 is 0 Å². The van der Waals surface area contributed by atoms with E-state index in [0.717, 1.165) is 0 Å². The molecule has 0 aliphatic carbocycles. The summed E-state index contributed by atoms with van der Waals surface area (Å²) in [5, 5.41) is 0. The van der Waals surface area contributed by atoms with Gasteiger partial charge in [-0.15, -0.1) is 0 Å². The molecule has 0 amide bonds. The van der Waals surface area contributed by atoms with Gasteiger partial charge in [0, 0.05) is 0 Å². The van der Waals surface area contributed by atoms with Gasteiger partial charge in [-0.2, -0.15) is 13.8 Å². The molecule has 2 heteroatoms. The van der Waals surface area contributed by atoms with Crippen molar-refractivity contribution in [1.82, 2.24) is 0 Å². The van der Waals surface area contributed by atoms with E-state index in [4.69, 9.17) is 0 Å². The molecule has 0 aliphatic heterocycles. The van der Waals surface area contributed by atoms with Crippen LogP contribution >= 0.6 is 0 Å². The number of hydrogen-bond donors (Lipinski definition) is 0. The summed E-state index contributed by atoms with van der Waals surface area (Å²) in [5.74, 6) is 0. The van der Waals surface area contributed by atoms with Crippen molar-refractivity contribution in [2.75, 3.05) is 0 Å². The van der Waals surface area contributed by atoms with E-state index in [2.05, 4.69) is 13.8 Å². The Bertz CT molecular complexity index is 7.51. The Morgan fingerprint density at radius 2 is 0.833 bits per heavy atom. The Hall–Kier alpha value is 0.840. The summed E-state index contributed by atoms with van der Waals surface area (Å²) in [5.41, 5.74) is 0. The van der Waals surface area contributed by atoms with Gasteiger partial charge in [-0.3, -0.25) is 0 Å². The van der Waals surface area contributed by atoms with Gasteiger partial charge in [-0.05, 0) is 11.0 Å². The van der Waals surface area contributed by atoms with Crippen molar-refractivity contribution >= 4 is 11.0 Å². The Morgan fingerprint density at radius 3 is 0.833 bits per heavy atom. The second-order valence-corrected chi connectivity index (χ2v) is 0. The van der Waals surface area contributed by atoms with Gasteiger partial charge in [0.05, 0.1) is 0 Å². The first kappa shape index (κ1) is 28.9. The zero-order valence-electron chi connectivity index (χ0n) is 4.12. The maximum Gasteiger partial charge on any atom is 2.00 e. The molecule has 0 heterocycles. The molecule has 0 spiro atoms. The molecule has 0 fully saturated rings. The molecule has 0 saturated carbocycles. The van der Waals surface area contributed by atoms with Crippen LogP contribution in [0.4, 0.5) is 0 Å². The summed E-state index contributed by atoms with van der Waals surface area (Å²) < 4.78 is 0. The summed E-state index contributed by atoms with van der Waals surface area (Å²) in [7, 11) is 0. The average molecular weight is 156 g/mol. The van der Waals surface area contributed by atoms with E-state index in [1.807, 2.05) is 0 Å². The minimum absolute atomic E-state index is 0. The van der Waals surface area contributed by atoms with E-state index in [0.29, 0.717) is 0 Å². The second kappa shape index (κ2) is 194. The number of hydrogen-bond acceptors (Lipinski definition) is 0. The Labute approximate surface area is 58.5 Å². The van der Waals surface area contributed by atoms with Crippen molar-refractivity contribution < 1.29 is 19.5 Å². The molecule has 0 nitrogen and oxygen atoms in total. The summed E-state index contributed by atoms with van der Waals surface area (Å²) in [6.45, 7) is 10.0. The summed E-state index contributed by atoms with van der Waals surface area (Å²) in [6, 6.07) is 0. The third kappa shape index (κ3) is 101. The van der Waals surface area contributed by atoms with Crippen molar-refractivity contribution in [2.45, 2.75) is 13.8 Å². The van der Waals surface area contributed by atoms with Gasteiger partial charge in [0.15, 0.2) is 0 Å².